The molecule has 0 spiro atoms. The van der Waals surface area contributed by atoms with Crippen LogP contribution >= 0.6 is 0 Å². The van der Waals surface area contributed by atoms with Crippen LogP contribution in [0, 0.1) is 18.3 Å². The van der Waals surface area contributed by atoms with Crippen LogP contribution in [0.1, 0.15) is 12.0 Å². The minimum absolute atomic E-state index is 0.449. The van der Waals surface area contributed by atoms with Crippen molar-refractivity contribution in [2.24, 2.45) is 0 Å². The van der Waals surface area contributed by atoms with Crippen LogP contribution in [-0.2, 0) is 0 Å². The Morgan fingerprint density at radius 2 is 2.00 bits per heavy atom. The van der Waals surface area contributed by atoms with E-state index in [9.17, 15) is 0 Å². The van der Waals surface area contributed by atoms with Gasteiger partial charge in [0.25, 0.3) is 0 Å². The number of nitrogens with zero attached hydrogens (tertiary/aromatic N) is 3. The van der Waals surface area contributed by atoms with Crippen LogP contribution in [0.2, 0.25) is 0 Å². The smallest absolute Gasteiger partial charge is 0.135 e. The van der Waals surface area contributed by atoms with E-state index >= 15 is 0 Å². The van der Waals surface area contributed by atoms with Crippen LogP contribution in [0.15, 0.2) is 36.7 Å². The molecule has 0 unspecified atom stereocenters. The van der Waals surface area contributed by atoms with Crippen molar-refractivity contribution in [1.29, 1.82) is 5.26 Å². The molecule has 19 heavy (non-hydrogen) atoms. The van der Waals surface area contributed by atoms with Crippen molar-refractivity contribution >= 4 is 17.3 Å². The highest BCUT2D eigenvalue weighted by Gasteiger charge is 2.01. The molecule has 2 aromatic rings. The molecular formula is C14H15N5. The lowest BCUT2D eigenvalue weighted by Gasteiger charge is -2.09. The molecule has 96 valence electrons. The van der Waals surface area contributed by atoms with Gasteiger partial charge in [0, 0.05) is 18.3 Å². The number of aryl methyl sites for hydroxylation is 1. The Morgan fingerprint density at radius 1 is 1.21 bits per heavy atom. The summed E-state index contributed by atoms with van der Waals surface area (Å²) >= 11 is 0. The fourth-order valence-electron chi connectivity index (χ4n) is 1.62. The second kappa shape index (κ2) is 6.36. The molecular weight excluding hydrogens is 238 g/mol. The van der Waals surface area contributed by atoms with Gasteiger partial charge in [0.2, 0.25) is 0 Å². The fourth-order valence-corrected chi connectivity index (χ4v) is 1.62. The van der Waals surface area contributed by atoms with Crippen molar-refractivity contribution in [1.82, 2.24) is 9.97 Å². The third-order valence-electron chi connectivity index (χ3n) is 2.62. The number of benzene rings is 1. The van der Waals surface area contributed by atoms with E-state index in [0.29, 0.717) is 18.8 Å². The minimum atomic E-state index is 0.449. The van der Waals surface area contributed by atoms with E-state index in [1.165, 1.54) is 6.33 Å². The minimum Gasteiger partial charge on any atom is -0.369 e. The molecule has 1 aromatic heterocycles. The average Bonchev–Trinajstić information content (AvgIpc) is 2.42. The van der Waals surface area contributed by atoms with Gasteiger partial charge in [-0.2, -0.15) is 5.26 Å². The van der Waals surface area contributed by atoms with Gasteiger partial charge in [-0.05, 0) is 18.6 Å². The summed E-state index contributed by atoms with van der Waals surface area (Å²) in [5.74, 6) is 1.44. The molecule has 1 heterocycles. The molecule has 0 atom stereocenters. The first-order valence-electron chi connectivity index (χ1n) is 6.05. The lowest BCUT2D eigenvalue weighted by molar-refractivity contribution is 1.04. The van der Waals surface area contributed by atoms with Crippen molar-refractivity contribution < 1.29 is 0 Å². The third-order valence-corrected chi connectivity index (χ3v) is 2.62. The summed E-state index contributed by atoms with van der Waals surface area (Å²) in [5, 5.41) is 14.8. The van der Waals surface area contributed by atoms with Gasteiger partial charge in [-0.15, -0.1) is 0 Å². The van der Waals surface area contributed by atoms with Crippen LogP contribution in [0.25, 0.3) is 0 Å². The molecule has 0 aliphatic carbocycles. The number of hydrogen-bond acceptors (Lipinski definition) is 5. The maximum Gasteiger partial charge on any atom is 0.135 e. The molecule has 5 heteroatoms. The standard InChI is InChI=1S/C14H15N5/c1-11-5-2-3-6-12(11)19-14-9-13(17-10-18-14)16-8-4-7-15/h2-3,5-6,9-10H,4,8H2,1H3,(H2,16,17,18,19). The Kier molecular flexibility index (Phi) is 4.29. The molecule has 0 amide bonds. The number of hydrogen-bond donors (Lipinski definition) is 2. The summed E-state index contributed by atoms with van der Waals surface area (Å²) in [7, 11) is 0. The maximum absolute atomic E-state index is 8.49. The Bertz CT molecular complexity index is 588. The predicted octanol–water partition coefficient (Wildman–Crippen LogP) is 2.85. The van der Waals surface area contributed by atoms with E-state index in [1.54, 1.807) is 0 Å². The Labute approximate surface area is 112 Å². The molecule has 1 aromatic carbocycles. The molecule has 0 radical (unpaired) electrons. The molecule has 0 bridgehead atoms. The number of nitrogens with one attached hydrogen (secondary N) is 2. The van der Waals surface area contributed by atoms with Crippen LogP contribution in [0.3, 0.4) is 0 Å². The van der Waals surface area contributed by atoms with Crippen molar-refractivity contribution in [3.05, 3.63) is 42.2 Å². The maximum atomic E-state index is 8.49. The summed E-state index contributed by atoms with van der Waals surface area (Å²) in [4.78, 5) is 8.28. The molecule has 2 rings (SSSR count). The van der Waals surface area contributed by atoms with Crippen molar-refractivity contribution in [3.63, 3.8) is 0 Å². The number of aromatic nitrogens is 2. The zero-order valence-corrected chi connectivity index (χ0v) is 10.7. The lowest BCUT2D eigenvalue weighted by Crippen LogP contribution is -2.04. The van der Waals surface area contributed by atoms with Gasteiger partial charge in [-0.1, -0.05) is 18.2 Å². The molecule has 0 aliphatic rings. The van der Waals surface area contributed by atoms with Gasteiger partial charge in [0.15, 0.2) is 0 Å². The highest BCUT2D eigenvalue weighted by Crippen LogP contribution is 2.19. The number of para-hydroxylation sites is 1. The predicted molar refractivity (Wildman–Crippen MR) is 75.2 cm³/mol. The van der Waals surface area contributed by atoms with Crippen LogP contribution in [0.4, 0.5) is 17.3 Å². The van der Waals surface area contributed by atoms with Crippen molar-refractivity contribution in [3.8, 4) is 6.07 Å². The van der Waals surface area contributed by atoms with Gasteiger partial charge in [0.1, 0.15) is 18.0 Å². The summed E-state index contributed by atoms with van der Waals surface area (Å²) in [6.07, 6.45) is 1.94. The zero-order valence-electron chi connectivity index (χ0n) is 10.7. The second-order valence-electron chi connectivity index (χ2n) is 4.06. The molecule has 2 N–H and O–H groups in total. The lowest BCUT2D eigenvalue weighted by atomic mass is 10.2. The normalized spacial score (nSPS) is 9.68. The Hall–Kier alpha value is -2.61. The third kappa shape index (κ3) is 3.68. The molecule has 0 saturated carbocycles. The largest absolute Gasteiger partial charge is 0.369 e. The van der Waals surface area contributed by atoms with E-state index < -0.39 is 0 Å². The quantitative estimate of drug-likeness (QED) is 0.801. The molecule has 0 saturated heterocycles. The van der Waals surface area contributed by atoms with Gasteiger partial charge in [0.05, 0.1) is 12.5 Å². The molecule has 5 nitrogen and oxygen atoms in total. The monoisotopic (exact) mass is 253 g/mol. The first-order chi connectivity index (χ1) is 9.29. The van der Waals surface area contributed by atoms with E-state index in [4.69, 9.17) is 5.26 Å². The molecule has 0 fully saturated rings. The van der Waals surface area contributed by atoms with Crippen molar-refractivity contribution in [2.45, 2.75) is 13.3 Å². The van der Waals surface area contributed by atoms with Crippen LogP contribution < -0.4 is 10.6 Å². The first-order valence-corrected chi connectivity index (χ1v) is 6.05. The summed E-state index contributed by atoms with van der Waals surface area (Å²) in [6.45, 7) is 2.62. The number of nitriles is 1. The van der Waals surface area contributed by atoms with Gasteiger partial charge < -0.3 is 10.6 Å². The number of rotatable bonds is 5. The first kappa shape index (κ1) is 12.8. The summed E-state index contributed by atoms with van der Waals surface area (Å²) in [6, 6.07) is 11.9. The molecule has 0 aliphatic heterocycles. The van der Waals surface area contributed by atoms with E-state index in [0.717, 1.165) is 17.1 Å². The summed E-state index contributed by atoms with van der Waals surface area (Å²) in [5.41, 5.74) is 2.17. The topological polar surface area (TPSA) is 73.6 Å². The van der Waals surface area contributed by atoms with E-state index in [-0.39, 0.29) is 0 Å². The van der Waals surface area contributed by atoms with Gasteiger partial charge >= 0.3 is 0 Å². The Morgan fingerprint density at radius 3 is 2.79 bits per heavy atom. The summed E-state index contributed by atoms with van der Waals surface area (Å²) < 4.78 is 0. The average molecular weight is 253 g/mol. The highest BCUT2D eigenvalue weighted by molar-refractivity contribution is 5.61. The second-order valence-corrected chi connectivity index (χ2v) is 4.06. The SMILES string of the molecule is Cc1ccccc1Nc1cc(NCCC#N)ncn1. The van der Waals surface area contributed by atoms with E-state index in [2.05, 4.69) is 26.7 Å². The van der Waals surface area contributed by atoms with Gasteiger partial charge in [-0.3, -0.25) is 0 Å². The van der Waals surface area contributed by atoms with Crippen LogP contribution in [-0.4, -0.2) is 16.5 Å². The van der Waals surface area contributed by atoms with Gasteiger partial charge in [-0.25, -0.2) is 9.97 Å². The van der Waals surface area contributed by atoms with Crippen LogP contribution in [0.5, 0.6) is 0 Å². The van der Waals surface area contributed by atoms with Crippen molar-refractivity contribution in [2.75, 3.05) is 17.2 Å². The zero-order chi connectivity index (χ0) is 13.5. The fraction of sp³-hybridized carbons (Fsp3) is 0.214. The van der Waals surface area contributed by atoms with E-state index in [1.807, 2.05) is 37.3 Å². The highest BCUT2D eigenvalue weighted by atomic mass is 15.1. The number of anilines is 3. The Balaban J connectivity index is 2.07.